The van der Waals surface area contributed by atoms with Gasteiger partial charge in [-0.3, -0.25) is 18.6 Å². The van der Waals surface area contributed by atoms with E-state index in [0.29, 0.717) is 23.9 Å². The van der Waals surface area contributed by atoms with E-state index in [0.717, 1.165) is 51.4 Å². The molecule has 1 N–H and O–H groups in total. The summed E-state index contributed by atoms with van der Waals surface area (Å²) >= 11 is 0. The third-order valence-corrected chi connectivity index (χ3v) is 13.5. The number of ether oxygens (including phenoxy) is 2. The van der Waals surface area contributed by atoms with Gasteiger partial charge in [-0.15, -0.1) is 0 Å². The molecular formula is C56H109NO8P+. The van der Waals surface area contributed by atoms with Crippen LogP contribution in [0.15, 0.2) is 24.3 Å². The Morgan fingerprint density at radius 2 is 0.818 bits per heavy atom. The molecule has 0 aliphatic carbocycles. The molecule has 10 heteroatoms. The van der Waals surface area contributed by atoms with E-state index >= 15 is 0 Å². The summed E-state index contributed by atoms with van der Waals surface area (Å²) in [6.07, 6.45) is 56.7. The fourth-order valence-electron chi connectivity index (χ4n) is 8.11. The largest absolute Gasteiger partial charge is 0.472 e. The average Bonchev–Trinajstić information content (AvgIpc) is 3.27. The van der Waals surface area contributed by atoms with Gasteiger partial charge in [-0.25, -0.2) is 4.57 Å². The van der Waals surface area contributed by atoms with Crippen molar-refractivity contribution in [3.8, 4) is 0 Å². The van der Waals surface area contributed by atoms with Crippen molar-refractivity contribution < 1.29 is 42.1 Å². The standard InChI is InChI=1S/C56H108NO8P/c1-6-8-10-12-14-16-18-20-22-24-26-27-28-29-30-31-33-34-36-38-40-42-44-46-48-55(58)62-52-54(53-64-66(60,61)63-51-50-57(3,4)5)65-56(59)49-47-45-43-41-39-37-35-32-25-23-21-19-17-15-13-11-9-7-2/h17,19,23,25,54H,6-16,18,20-22,24,26-53H2,1-5H3/p+1/b19-17-,25-23-. The van der Waals surface area contributed by atoms with E-state index in [1.54, 1.807) is 0 Å². The summed E-state index contributed by atoms with van der Waals surface area (Å²) in [6, 6.07) is 0. The fourth-order valence-corrected chi connectivity index (χ4v) is 8.85. The normalized spacial score (nSPS) is 13.5. The molecule has 2 unspecified atom stereocenters. The molecular weight excluding hydrogens is 846 g/mol. The Bertz CT molecular complexity index is 1170. The molecule has 9 nitrogen and oxygen atoms in total. The van der Waals surface area contributed by atoms with Crippen molar-refractivity contribution in [3.05, 3.63) is 24.3 Å². The van der Waals surface area contributed by atoms with E-state index in [1.165, 1.54) is 186 Å². The van der Waals surface area contributed by atoms with Crippen LogP contribution in [-0.2, 0) is 32.7 Å². The summed E-state index contributed by atoms with van der Waals surface area (Å²) in [6.45, 7) is 4.45. The topological polar surface area (TPSA) is 108 Å². The molecule has 66 heavy (non-hydrogen) atoms. The molecule has 0 spiro atoms. The monoisotopic (exact) mass is 955 g/mol. The summed E-state index contributed by atoms with van der Waals surface area (Å²) in [7, 11) is 1.48. The quantitative estimate of drug-likeness (QED) is 0.0211. The zero-order chi connectivity index (χ0) is 48.5. The van der Waals surface area contributed by atoms with Crippen LogP contribution in [0.1, 0.15) is 271 Å². The molecule has 0 radical (unpaired) electrons. The lowest BCUT2D eigenvalue weighted by molar-refractivity contribution is -0.870. The molecule has 0 aliphatic rings. The number of phosphoric acid groups is 1. The SMILES string of the molecule is CCCCCC/C=C\C/C=C\CCCCCCCCCC(=O)OC(COC(=O)CCCCCCCCCCCCCCCCCCCCCCCCCC)COP(=O)(O)OCC[N+](C)(C)C. The Hall–Kier alpha value is -1.51. The second-order valence-corrected chi connectivity index (χ2v) is 21.8. The number of quaternary nitrogens is 1. The lowest BCUT2D eigenvalue weighted by atomic mass is 10.0. The van der Waals surface area contributed by atoms with Gasteiger partial charge in [-0.2, -0.15) is 0 Å². The molecule has 0 aromatic rings. The van der Waals surface area contributed by atoms with Gasteiger partial charge >= 0.3 is 19.8 Å². The number of allylic oxidation sites excluding steroid dienone is 4. The highest BCUT2D eigenvalue weighted by Gasteiger charge is 2.27. The van der Waals surface area contributed by atoms with Gasteiger partial charge in [0.15, 0.2) is 6.10 Å². The number of phosphoric ester groups is 1. The van der Waals surface area contributed by atoms with E-state index in [9.17, 15) is 19.0 Å². The van der Waals surface area contributed by atoms with E-state index in [2.05, 4.69) is 38.2 Å². The number of hydrogen-bond acceptors (Lipinski definition) is 7. The van der Waals surface area contributed by atoms with Gasteiger partial charge in [0.1, 0.15) is 19.8 Å². The van der Waals surface area contributed by atoms with E-state index in [-0.39, 0.29) is 25.6 Å². The smallest absolute Gasteiger partial charge is 0.462 e. The first-order valence-corrected chi connectivity index (χ1v) is 29.6. The van der Waals surface area contributed by atoms with Crippen molar-refractivity contribution in [1.29, 1.82) is 0 Å². The minimum Gasteiger partial charge on any atom is -0.462 e. The van der Waals surface area contributed by atoms with Crippen LogP contribution in [0.25, 0.3) is 0 Å². The Morgan fingerprint density at radius 3 is 1.21 bits per heavy atom. The van der Waals surface area contributed by atoms with E-state index in [1.807, 2.05) is 21.1 Å². The number of carbonyl (C=O) groups is 2. The Balaban J connectivity index is 4.14. The summed E-state index contributed by atoms with van der Waals surface area (Å²) in [4.78, 5) is 35.6. The van der Waals surface area contributed by atoms with Crippen LogP contribution in [0, 0.1) is 0 Å². The summed E-state index contributed by atoms with van der Waals surface area (Å²) < 4.78 is 34.5. The van der Waals surface area contributed by atoms with Crippen molar-refractivity contribution in [1.82, 2.24) is 0 Å². The van der Waals surface area contributed by atoms with Gasteiger partial charge in [-0.05, 0) is 44.9 Å². The summed E-state index contributed by atoms with van der Waals surface area (Å²) in [5.74, 6) is -0.792. The molecule has 0 amide bonds. The third-order valence-electron chi connectivity index (χ3n) is 12.5. The first kappa shape index (κ1) is 64.5. The number of esters is 2. The van der Waals surface area contributed by atoms with Crippen molar-refractivity contribution >= 4 is 19.8 Å². The van der Waals surface area contributed by atoms with Gasteiger partial charge in [0.2, 0.25) is 0 Å². The number of hydrogen-bond donors (Lipinski definition) is 1. The number of carbonyl (C=O) groups excluding carboxylic acids is 2. The van der Waals surface area contributed by atoms with Crippen LogP contribution >= 0.6 is 7.82 Å². The van der Waals surface area contributed by atoms with Gasteiger partial charge < -0.3 is 18.9 Å². The number of unbranched alkanes of at least 4 members (excludes halogenated alkanes) is 34. The average molecular weight is 955 g/mol. The summed E-state index contributed by atoms with van der Waals surface area (Å²) in [5, 5.41) is 0. The van der Waals surface area contributed by atoms with E-state index < -0.39 is 26.5 Å². The Labute approximate surface area is 409 Å². The number of nitrogens with zero attached hydrogens (tertiary/aromatic N) is 1. The highest BCUT2D eigenvalue weighted by atomic mass is 31.2. The molecule has 0 bridgehead atoms. The molecule has 0 saturated carbocycles. The van der Waals surface area contributed by atoms with Gasteiger partial charge in [-0.1, -0.05) is 237 Å². The van der Waals surface area contributed by atoms with Crippen molar-refractivity contribution in [3.63, 3.8) is 0 Å². The highest BCUT2D eigenvalue weighted by molar-refractivity contribution is 7.47. The molecule has 0 heterocycles. The predicted molar refractivity (Wildman–Crippen MR) is 280 cm³/mol. The van der Waals surface area contributed by atoms with E-state index in [4.69, 9.17) is 18.5 Å². The van der Waals surface area contributed by atoms with Gasteiger partial charge in [0.05, 0.1) is 27.7 Å². The van der Waals surface area contributed by atoms with Crippen molar-refractivity contribution in [2.24, 2.45) is 0 Å². The van der Waals surface area contributed by atoms with Gasteiger partial charge in [0, 0.05) is 12.8 Å². The third kappa shape index (κ3) is 51.9. The number of likely N-dealkylation sites (N-methyl/N-ethyl adjacent to an activating group) is 1. The molecule has 0 aromatic carbocycles. The first-order chi connectivity index (χ1) is 32.0. The molecule has 0 saturated heterocycles. The zero-order valence-corrected chi connectivity index (χ0v) is 45.1. The predicted octanol–water partition coefficient (Wildman–Crippen LogP) is 17.0. The van der Waals surface area contributed by atoms with Crippen LogP contribution in [0.3, 0.4) is 0 Å². The summed E-state index contributed by atoms with van der Waals surface area (Å²) in [5.41, 5.74) is 0. The first-order valence-electron chi connectivity index (χ1n) is 28.1. The minimum atomic E-state index is -4.38. The molecule has 0 rings (SSSR count). The molecule has 0 aliphatic heterocycles. The van der Waals surface area contributed by atoms with Crippen LogP contribution in [0.5, 0.6) is 0 Å². The molecule has 390 valence electrons. The van der Waals surface area contributed by atoms with Crippen molar-refractivity contribution in [2.45, 2.75) is 277 Å². The van der Waals surface area contributed by atoms with Crippen molar-refractivity contribution in [2.75, 3.05) is 47.5 Å². The lowest BCUT2D eigenvalue weighted by Gasteiger charge is -2.24. The van der Waals surface area contributed by atoms with Gasteiger partial charge in [0.25, 0.3) is 0 Å². The minimum absolute atomic E-state index is 0.0323. The van der Waals surface area contributed by atoms with Crippen LogP contribution in [0.4, 0.5) is 0 Å². The maximum atomic E-state index is 12.8. The molecule has 2 atom stereocenters. The maximum Gasteiger partial charge on any atom is 0.472 e. The second-order valence-electron chi connectivity index (χ2n) is 20.3. The second kappa shape index (κ2) is 48.5. The number of rotatable bonds is 52. The fraction of sp³-hybridized carbons (Fsp3) is 0.893. The highest BCUT2D eigenvalue weighted by Crippen LogP contribution is 2.43. The molecule has 0 fully saturated rings. The van der Waals surface area contributed by atoms with Crippen LogP contribution < -0.4 is 0 Å². The zero-order valence-electron chi connectivity index (χ0n) is 44.2. The lowest BCUT2D eigenvalue weighted by Crippen LogP contribution is -2.37. The van der Waals surface area contributed by atoms with Crippen LogP contribution in [-0.4, -0.2) is 74.9 Å². The van der Waals surface area contributed by atoms with Crippen LogP contribution in [0.2, 0.25) is 0 Å². The Morgan fingerprint density at radius 1 is 0.470 bits per heavy atom. The molecule has 0 aromatic heterocycles. The Kier molecular flexibility index (Phi) is 47.4. The maximum absolute atomic E-state index is 12.8.